The molecule has 0 spiro atoms. The molecule has 6 nitrogen and oxygen atoms in total. The van der Waals surface area contributed by atoms with Crippen LogP contribution in [0.3, 0.4) is 0 Å². The van der Waals surface area contributed by atoms with E-state index in [0.29, 0.717) is 12.4 Å². The first-order valence-electron chi connectivity index (χ1n) is 6.80. The lowest BCUT2D eigenvalue weighted by molar-refractivity contribution is -0.124. The van der Waals surface area contributed by atoms with Crippen LogP contribution in [0.5, 0.6) is 5.75 Å². The average molecular weight is 336 g/mol. The van der Waals surface area contributed by atoms with E-state index in [9.17, 15) is 4.79 Å². The second kappa shape index (κ2) is 9.45. The van der Waals surface area contributed by atoms with E-state index in [-0.39, 0.29) is 12.4 Å². The molecule has 1 aromatic carbocycles. The molecule has 122 valence electrons. The van der Waals surface area contributed by atoms with Crippen molar-refractivity contribution >= 4 is 35.9 Å². The van der Waals surface area contributed by atoms with Crippen molar-refractivity contribution in [1.82, 2.24) is 10.5 Å². The third kappa shape index (κ3) is 5.61. The van der Waals surface area contributed by atoms with Crippen LogP contribution in [-0.4, -0.2) is 22.7 Å². The number of anilines is 2. The van der Waals surface area contributed by atoms with Gasteiger partial charge < -0.3 is 10.1 Å². The van der Waals surface area contributed by atoms with Crippen molar-refractivity contribution in [3.63, 3.8) is 0 Å². The molecule has 0 unspecified atom stereocenters. The molecule has 1 amide bonds. The first-order valence-corrected chi connectivity index (χ1v) is 6.80. The number of amides is 1. The van der Waals surface area contributed by atoms with Crippen LogP contribution >= 0.6 is 12.4 Å². The Labute approximate surface area is 140 Å². The van der Waals surface area contributed by atoms with Crippen molar-refractivity contribution in [1.29, 1.82) is 0 Å². The Morgan fingerprint density at radius 3 is 2.74 bits per heavy atom. The summed E-state index contributed by atoms with van der Waals surface area (Å²) in [5.74, 6) is 0.833. The van der Waals surface area contributed by atoms with Crippen LogP contribution in [-0.2, 0) is 4.79 Å². The third-order valence-electron chi connectivity index (χ3n) is 2.77. The number of nitrogens with one attached hydrogen (secondary N) is 2. The van der Waals surface area contributed by atoms with E-state index >= 15 is 0 Å². The summed E-state index contributed by atoms with van der Waals surface area (Å²) in [6.45, 7) is 2.52. The lowest BCUT2D eigenvalue weighted by Gasteiger charge is -2.11. The summed E-state index contributed by atoms with van der Waals surface area (Å²) in [5.41, 5.74) is 3.10. The van der Waals surface area contributed by atoms with Gasteiger partial charge in [-0.3, -0.25) is 10.0 Å². The maximum atomic E-state index is 10.9. The van der Waals surface area contributed by atoms with Crippen LogP contribution in [0.4, 0.5) is 11.5 Å². The molecule has 0 aliphatic rings. The number of aromatic nitrogens is 1. The highest BCUT2D eigenvalue weighted by molar-refractivity contribution is 5.90. The summed E-state index contributed by atoms with van der Waals surface area (Å²) in [6, 6.07) is 11.2. The molecule has 2 aromatic rings. The van der Waals surface area contributed by atoms with Crippen LogP contribution < -0.4 is 15.5 Å². The Kier molecular flexibility index (Phi) is 7.59. The number of rotatable bonds is 6. The van der Waals surface area contributed by atoms with Crippen LogP contribution in [0.2, 0.25) is 0 Å². The van der Waals surface area contributed by atoms with Gasteiger partial charge in [-0.05, 0) is 42.8 Å². The summed E-state index contributed by atoms with van der Waals surface area (Å²) in [6.07, 6.45) is 4.39. The molecule has 0 bridgehead atoms. The minimum absolute atomic E-state index is 0. The van der Waals surface area contributed by atoms with Gasteiger partial charge in [0.2, 0.25) is 0 Å². The number of para-hydroxylation sites is 2. The number of carbonyl (C=O) groups excluding carboxylic acids is 1. The van der Waals surface area contributed by atoms with Crippen LogP contribution in [0, 0.1) is 0 Å². The molecule has 1 aromatic heterocycles. The van der Waals surface area contributed by atoms with Crippen molar-refractivity contribution in [3.8, 4) is 5.75 Å². The molecule has 0 fully saturated rings. The fourth-order valence-electron chi connectivity index (χ4n) is 1.78. The highest BCUT2D eigenvalue weighted by atomic mass is 35.5. The van der Waals surface area contributed by atoms with E-state index in [2.05, 4.69) is 10.3 Å². The molecule has 0 saturated heterocycles. The van der Waals surface area contributed by atoms with E-state index in [4.69, 9.17) is 9.94 Å². The predicted molar refractivity (Wildman–Crippen MR) is 91.3 cm³/mol. The molecule has 3 N–H and O–H groups in total. The van der Waals surface area contributed by atoms with Crippen molar-refractivity contribution in [2.45, 2.75) is 6.92 Å². The van der Waals surface area contributed by atoms with Gasteiger partial charge in [-0.1, -0.05) is 12.1 Å². The summed E-state index contributed by atoms with van der Waals surface area (Å²) in [5, 5.41) is 11.6. The number of pyridine rings is 1. The molecule has 1 heterocycles. The highest BCUT2D eigenvalue weighted by Gasteiger charge is 2.03. The molecule has 0 aliphatic carbocycles. The number of benzene rings is 1. The number of ether oxygens (including phenoxy) is 1. The smallest absolute Gasteiger partial charge is 0.267 e. The van der Waals surface area contributed by atoms with Crippen LogP contribution in [0.25, 0.3) is 6.08 Å². The molecule has 0 aliphatic heterocycles. The quantitative estimate of drug-likeness (QED) is 0.429. The normalized spacial score (nSPS) is 10.0. The van der Waals surface area contributed by atoms with Crippen molar-refractivity contribution in [2.75, 3.05) is 11.9 Å². The van der Waals surface area contributed by atoms with Gasteiger partial charge in [0.05, 0.1) is 12.3 Å². The van der Waals surface area contributed by atoms with Crippen molar-refractivity contribution in [2.24, 2.45) is 0 Å². The van der Waals surface area contributed by atoms with E-state index in [0.717, 1.165) is 17.0 Å². The maximum Gasteiger partial charge on any atom is 0.267 e. The monoisotopic (exact) mass is 335 g/mol. The second-order valence-corrected chi connectivity index (χ2v) is 4.34. The van der Waals surface area contributed by atoms with Gasteiger partial charge in [-0.25, -0.2) is 10.5 Å². The van der Waals surface area contributed by atoms with Crippen molar-refractivity contribution < 1.29 is 14.7 Å². The number of carbonyl (C=O) groups is 1. The molecule has 0 radical (unpaired) electrons. The summed E-state index contributed by atoms with van der Waals surface area (Å²) >= 11 is 0. The largest absolute Gasteiger partial charge is 0.492 e. The number of halogens is 1. The zero-order valence-electron chi connectivity index (χ0n) is 12.5. The number of hydroxylamine groups is 1. The predicted octanol–water partition coefficient (Wildman–Crippen LogP) is 3.16. The van der Waals surface area contributed by atoms with E-state index in [1.54, 1.807) is 24.4 Å². The molecule has 2 rings (SSSR count). The molecular weight excluding hydrogens is 318 g/mol. The number of hydrogen-bond acceptors (Lipinski definition) is 5. The summed E-state index contributed by atoms with van der Waals surface area (Å²) < 4.78 is 5.54. The standard InChI is InChI=1S/C16H17N3O3.ClH/c1-2-22-14-6-4-3-5-13(14)18-15-9-7-12(11-17-15)8-10-16(20)19-21;/h3-11,21H,2H2,1H3,(H,17,18)(H,19,20);1H/b10-8+;. The lowest BCUT2D eigenvalue weighted by atomic mass is 10.2. The Morgan fingerprint density at radius 1 is 1.30 bits per heavy atom. The summed E-state index contributed by atoms with van der Waals surface area (Å²) in [4.78, 5) is 15.2. The minimum Gasteiger partial charge on any atom is -0.492 e. The van der Waals surface area contributed by atoms with Gasteiger partial charge in [0.1, 0.15) is 11.6 Å². The van der Waals surface area contributed by atoms with Gasteiger partial charge >= 0.3 is 0 Å². The Hall–Kier alpha value is -2.57. The first-order chi connectivity index (χ1) is 10.7. The van der Waals surface area contributed by atoms with Gasteiger partial charge in [-0.15, -0.1) is 12.4 Å². The SMILES string of the molecule is CCOc1ccccc1Nc1ccc(/C=C/C(=O)NO)cn1.Cl. The van der Waals surface area contributed by atoms with Crippen LogP contribution in [0.1, 0.15) is 12.5 Å². The highest BCUT2D eigenvalue weighted by Crippen LogP contribution is 2.26. The molecule has 0 saturated carbocycles. The van der Waals surface area contributed by atoms with Gasteiger partial charge in [0.25, 0.3) is 5.91 Å². The first kappa shape index (κ1) is 18.5. The Bertz CT molecular complexity index is 660. The van der Waals surface area contributed by atoms with Crippen LogP contribution in [0.15, 0.2) is 48.7 Å². The fraction of sp³-hybridized carbons (Fsp3) is 0.125. The van der Waals surface area contributed by atoms with E-state index in [1.807, 2.05) is 31.2 Å². The Balaban J connectivity index is 0.00000264. The van der Waals surface area contributed by atoms with Crippen molar-refractivity contribution in [3.05, 3.63) is 54.2 Å². The molecule has 0 atom stereocenters. The third-order valence-corrected chi connectivity index (χ3v) is 2.77. The number of hydrogen-bond donors (Lipinski definition) is 3. The zero-order chi connectivity index (χ0) is 15.8. The zero-order valence-corrected chi connectivity index (χ0v) is 13.3. The summed E-state index contributed by atoms with van der Waals surface area (Å²) in [7, 11) is 0. The van der Waals surface area contributed by atoms with E-state index in [1.165, 1.54) is 11.6 Å². The maximum absolute atomic E-state index is 10.9. The molecule has 23 heavy (non-hydrogen) atoms. The second-order valence-electron chi connectivity index (χ2n) is 4.34. The number of nitrogens with zero attached hydrogens (tertiary/aromatic N) is 1. The van der Waals surface area contributed by atoms with Gasteiger partial charge in [-0.2, -0.15) is 0 Å². The molecule has 7 heteroatoms. The van der Waals surface area contributed by atoms with E-state index < -0.39 is 5.91 Å². The fourth-order valence-corrected chi connectivity index (χ4v) is 1.78. The topological polar surface area (TPSA) is 83.5 Å². The van der Waals surface area contributed by atoms with Gasteiger partial charge in [0.15, 0.2) is 0 Å². The molecular formula is C16H18ClN3O3. The Morgan fingerprint density at radius 2 is 2.09 bits per heavy atom. The average Bonchev–Trinajstić information content (AvgIpc) is 2.56. The minimum atomic E-state index is -0.590. The van der Waals surface area contributed by atoms with Gasteiger partial charge in [0, 0.05) is 12.3 Å². The lowest BCUT2D eigenvalue weighted by Crippen LogP contribution is -2.14.